The third-order valence-corrected chi connectivity index (χ3v) is 7.31. The maximum Gasteiger partial charge on any atom is 0.430 e. The molecule has 0 radical (unpaired) electrons. The van der Waals surface area contributed by atoms with Crippen LogP contribution >= 0.6 is 0 Å². The summed E-state index contributed by atoms with van der Waals surface area (Å²) in [5, 5.41) is 11.9. The molecule has 39 heavy (non-hydrogen) atoms. The van der Waals surface area contributed by atoms with Crippen molar-refractivity contribution in [1.29, 1.82) is 0 Å². The number of carboxylic acid groups (broad SMARTS) is 1. The van der Waals surface area contributed by atoms with Crippen LogP contribution in [0.15, 0.2) is 54.9 Å². The number of hydrogen-bond donors (Lipinski definition) is 2. The predicted octanol–water partition coefficient (Wildman–Crippen LogP) is 1.81. The van der Waals surface area contributed by atoms with Crippen LogP contribution in [0.1, 0.15) is 62.0 Å². The number of benzene rings is 1. The van der Waals surface area contributed by atoms with Gasteiger partial charge in [0.1, 0.15) is 12.0 Å². The van der Waals surface area contributed by atoms with E-state index in [0.717, 1.165) is 49.7 Å². The minimum atomic E-state index is -5.19. The van der Waals surface area contributed by atoms with Crippen molar-refractivity contribution in [2.45, 2.75) is 69.1 Å². The summed E-state index contributed by atoms with van der Waals surface area (Å²) in [6.07, 6.45) is 4.89. The van der Waals surface area contributed by atoms with Crippen molar-refractivity contribution in [3.05, 3.63) is 66.0 Å². The third kappa shape index (κ3) is 9.05. The normalized spacial score (nSPS) is 21.8. The van der Waals surface area contributed by atoms with Crippen molar-refractivity contribution in [3.63, 3.8) is 0 Å². The van der Waals surface area contributed by atoms with Crippen LogP contribution in [-0.4, -0.2) is 59.0 Å². The van der Waals surface area contributed by atoms with Crippen LogP contribution in [0.5, 0.6) is 0 Å². The number of nitrogens with one attached hydrogen (secondary N) is 1. The monoisotopic (exact) mass is 548 g/mol. The number of pyridine rings is 1. The van der Waals surface area contributed by atoms with E-state index in [1.807, 2.05) is 36.5 Å². The number of carboxylic acids is 1. The van der Waals surface area contributed by atoms with Gasteiger partial charge < -0.3 is 25.9 Å². The fourth-order valence-corrected chi connectivity index (χ4v) is 5.12. The zero-order valence-electron chi connectivity index (χ0n) is 21.7. The predicted molar refractivity (Wildman–Crippen MR) is 135 cm³/mol. The first kappa shape index (κ1) is 30.1. The Morgan fingerprint density at radius 1 is 1.03 bits per heavy atom. The lowest BCUT2D eigenvalue weighted by atomic mass is 9.86. The topological polar surface area (TPSA) is 130 Å². The highest BCUT2D eigenvalue weighted by Crippen LogP contribution is 2.30. The van der Waals surface area contributed by atoms with E-state index in [9.17, 15) is 22.8 Å². The molecule has 2 aliphatic rings. The number of hydrogen-bond acceptors (Lipinski definition) is 5. The molecule has 212 valence electrons. The summed E-state index contributed by atoms with van der Waals surface area (Å²) in [7, 11) is 0. The summed E-state index contributed by atoms with van der Waals surface area (Å²) >= 11 is 0. The van der Waals surface area contributed by atoms with Gasteiger partial charge in [-0.05, 0) is 61.6 Å². The molecule has 1 aliphatic heterocycles. The molecule has 0 bridgehead atoms. The van der Waals surface area contributed by atoms with E-state index in [1.54, 1.807) is 11.1 Å². The second-order valence-electron chi connectivity index (χ2n) is 10.1. The van der Waals surface area contributed by atoms with E-state index in [1.165, 1.54) is 0 Å². The van der Waals surface area contributed by atoms with Crippen LogP contribution < -0.4 is 16.2 Å². The first-order valence-corrected chi connectivity index (χ1v) is 13.2. The molecule has 2 amide bonds. The largest absolute Gasteiger partial charge is 0.542 e. The summed E-state index contributed by atoms with van der Waals surface area (Å²) in [5.41, 5.74) is 6.27. The molecule has 8 nitrogen and oxygen atoms in total. The summed E-state index contributed by atoms with van der Waals surface area (Å²) in [5.74, 6) is -2.49. The van der Waals surface area contributed by atoms with Gasteiger partial charge in [-0.25, -0.2) is 0 Å². The fraction of sp³-hybridized carbons (Fsp3) is 0.500. The van der Waals surface area contributed by atoms with Gasteiger partial charge in [0.25, 0.3) is 0 Å². The Hall–Kier alpha value is -3.47. The standard InChI is InChI=1S/C26H34N4O2.C2HF3O2/c27-22-12-10-19(11-13-22)17-29-26(32)24-9-5-15-30(24)25(31)16-23(20-6-2-1-3-7-20)21-8-4-14-28-18-21;3-2(4,5)1(6)7/h1-4,6-8,14,18-19,22-24H,5,9-13,15-17,27H2,(H,29,32);(H,6,7)/t19?,22?,23-,24+;/m1./s1. The van der Waals surface area contributed by atoms with Crippen molar-refractivity contribution in [2.75, 3.05) is 13.1 Å². The molecule has 1 aliphatic carbocycles. The van der Waals surface area contributed by atoms with E-state index in [-0.39, 0.29) is 23.8 Å². The number of carbonyl (C=O) groups is 3. The zero-order valence-corrected chi connectivity index (χ0v) is 21.7. The highest BCUT2D eigenvalue weighted by atomic mass is 19.4. The summed E-state index contributed by atoms with van der Waals surface area (Å²) in [6, 6.07) is 14.2. The van der Waals surface area contributed by atoms with E-state index >= 15 is 0 Å². The molecular weight excluding hydrogens is 513 g/mol. The number of nitrogens with zero attached hydrogens (tertiary/aromatic N) is 2. The van der Waals surface area contributed by atoms with Crippen molar-refractivity contribution in [2.24, 2.45) is 5.92 Å². The van der Waals surface area contributed by atoms with Crippen molar-refractivity contribution in [3.8, 4) is 0 Å². The van der Waals surface area contributed by atoms with Crippen LogP contribution in [0.2, 0.25) is 0 Å². The van der Waals surface area contributed by atoms with Crippen LogP contribution in [0.3, 0.4) is 0 Å². The summed E-state index contributed by atoms with van der Waals surface area (Å²) in [4.78, 5) is 41.2. The Bertz CT molecular complexity index is 1040. The number of aliphatic carboxylic acids is 1. The Morgan fingerprint density at radius 3 is 2.26 bits per heavy atom. The Labute approximate surface area is 225 Å². The summed E-state index contributed by atoms with van der Waals surface area (Å²) < 4.78 is 31.5. The van der Waals surface area contributed by atoms with Crippen LogP contribution in [0, 0.1) is 5.92 Å². The van der Waals surface area contributed by atoms with Crippen molar-refractivity contribution < 1.29 is 38.4 Å². The second kappa shape index (κ2) is 14.1. The minimum absolute atomic E-state index is 0.00485. The van der Waals surface area contributed by atoms with Gasteiger partial charge in [0, 0.05) is 37.8 Å². The number of likely N-dealkylation sites (tertiary alicyclic amines) is 1. The zero-order chi connectivity index (χ0) is 28.4. The lowest BCUT2D eigenvalue weighted by Gasteiger charge is -2.28. The molecule has 1 saturated carbocycles. The molecule has 1 aromatic carbocycles. The second-order valence-corrected chi connectivity index (χ2v) is 10.1. The number of amides is 2. The van der Waals surface area contributed by atoms with Gasteiger partial charge in [0.15, 0.2) is 0 Å². The Balaban J connectivity index is 0.000000532. The number of alkyl halides is 3. The molecule has 11 heteroatoms. The maximum absolute atomic E-state index is 13.4. The Morgan fingerprint density at radius 2 is 1.67 bits per heavy atom. The molecular formula is C28H35F3N4O4. The molecule has 1 aromatic heterocycles. The number of aromatic nitrogens is 1. The van der Waals surface area contributed by atoms with Gasteiger partial charge in [0.05, 0.1) is 6.04 Å². The molecule has 2 fully saturated rings. The summed E-state index contributed by atoms with van der Waals surface area (Å²) in [6.45, 7) is 1.37. The SMILES string of the molecule is O=C([O-])C(F)(F)F.[NH3+]C1CCC(CNC(=O)[C@@H]2CCCN2C(=O)C[C@H](c2ccccc2)c2cccnc2)CC1. The van der Waals surface area contributed by atoms with E-state index in [0.29, 0.717) is 31.5 Å². The molecule has 1 saturated heterocycles. The van der Waals surface area contributed by atoms with Crippen molar-refractivity contribution >= 4 is 17.8 Å². The van der Waals surface area contributed by atoms with E-state index < -0.39 is 12.1 Å². The lowest BCUT2D eigenvalue weighted by Crippen LogP contribution is -2.62. The van der Waals surface area contributed by atoms with Gasteiger partial charge in [-0.3, -0.25) is 14.6 Å². The molecule has 4 N–H and O–H groups in total. The van der Waals surface area contributed by atoms with Crippen LogP contribution in [-0.2, 0) is 14.4 Å². The first-order chi connectivity index (χ1) is 18.6. The third-order valence-electron chi connectivity index (χ3n) is 7.31. The maximum atomic E-state index is 13.4. The van der Waals surface area contributed by atoms with Crippen LogP contribution in [0.25, 0.3) is 0 Å². The molecule has 0 unspecified atom stereocenters. The van der Waals surface area contributed by atoms with Gasteiger partial charge in [-0.1, -0.05) is 36.4 Å². The molecule has 2 atom stereocenters. The average Bonchev–Trinajstić information content (AvgIpc) is 3.42. The van der Waals surface area contributed by atoms with Gasteiger partial charge in [-0.15, -0.1) is 0 Å². The lowest BCUT2D eigenvalue weighted by molar-refractivity contribution is -0.426. The molecule has 2 heterocycles. The number of rotatable bonds is 7. The molecule has 4 rings (SSSR count). The number of quaternary nitrogens is 1. The quantitative estimate of drug-likeness (QED) is 0.545. The highest BCUT2D eigenvalue weighted by Gasteiger charge is 2.35. The Kier molecular flexibility index (Phi) is 10.8. The molecule has 0 spiro atoms. The van der Waals surface area contributed by atoms with Crippen LogP contribution in [0.4, 0.5) is 13.2 Å². The fourth-order valence-electron chi connectivity index (χ4n) is 5.12. The van der Waals surface area contributed by atoms with Gasteiger partial charge in [-0.2, -0.15) is 13.2 Å². The minimum Gasteiger partial charge on any atom is -0.542 e. The van der Waals surface area contributed by atoms with E-state index in [2.05, 4.69) is 28.2 Å². The smallest absolute Gasteiger partial charge is 0.430 e. The van der Waals surface area contributed by atoms with E-state index in [4.69, 9.17) is 9.90 Å². The molecule has 2 aromatic rings. The number of carbonyl (C=O) groups excluding carboxylic acids is 3. The van der Waals surface area contributed by atoms with Crippen molar-refractivity contribution in [1.82, 2.24) is 15.2 Å². The average molecular weight is 549 g/mol. The first-order valence-electron chi connectivity index (χ1n) is 13.2. The highest BCUT2D eigenvalue weighted by molar-refractivity contribution is 5.88. The number of halogens is 3. The van der Waals surface area contributed by atoms with Gasteiger partial charge >= 0.3 is 6.18 Å². The van der Waals surface area contributed by atoms with Gasteiger partial charge in [0.2, 0.25) is 11.8 Å².